The predicted octanol–water partition coefficient (Wildman–Crippen LogP) is 4.73. The zero-order valence-corrected chi connectivity index (χ0v) is 19.5. The molecule has 0 unspecified atom stereocenters. The summed E-state index contributed by atoms with van der Waals surface area (Å²) in [6.45, 7) is 4.97. The number of nitrogens with zero attached hydrogens (tertiary/aromatic N) is 2. The molecule has 6 heteroatoms. The molecule has 1 N–H and O–H groups in total. The second kappa shape index (κ2) is 8.52. The van der Waals surface area contributed by atoms with Gasteiger partial charge in [-0.05, 0) is 29.8 Å². The van der Waals surface area contributed by atoms with E-state index in [1.54, 1.807) is 0 Å². The monoisotopic (exact) mass is 449 g/mol. The van der Waals surface area contributed by atoms with Crippen molar-refractivity contribution in [2.75, 3.05) is 17.7 Å². The maximum atomic E-state index is 11.2. The number of aryl methyl sites for hydroxylation is 1. The average Bonchev–Trinajstić information content (AvgIpc) is 2.94. The van der Waals surface area contributed by atoms with Gasteiger partial charge in [-0.2, -0.15) is 13.0 Å². The van der Waals surface area contributed by atoms with E-state index in [0.29, 0.717) is 13.0 Å². The highest BCUT2D eigenvalue weighted by molar-refractivity contribution is 7.85. The molecular formula is C26H29N2O3S+. The van der Waals surface area contributed by atoms with E-state index in [-0.39, 0.29) is 11.2 Å². The van der Waals surface area contributed by atoms with Crippen LogP contribution in [0, 0.1) is 0 Å². The third-order valence-corrected chi connectivity index (χ3v) is 7.02. The quantitative estimate of drug-likeness (QED) is 0.437. The van der Waals surface area contributed by atoms with Gasteiger partial charge in [0.25, 0.3) is 10.1 Å². The van der Waals surface area contributed by atoms with Crippen LogP contribution in [0.15, 0.2) is 78.5 Å². The smallest absolute Gasteiger partial charge is 0.265 e. The molecule has 0 bridgehead atoms. The van der Waals surface area contributed by atoms with Crippen molar-refractivity contribution in [2.45, 2.75) is 32.2 Å². The van der Waals surface area contributed by atoms with Crippen LogP contribution in [0.3, 0.4) is 0 Å². The van der Waals surface area contributed by atoms with Crippen molar-refractivity contribution in [3.8, 4) is 0 Å². The Morgan fingerprint density at radius 2 is 1.75 bits per heavy atom. The minimum Gasteiger partial charge on any atom is -0.347 e. The number of rotatable bonds is 6. The fourth-order valence-corrected chi connectivity index (χ4v) is 5.11. The Morgan fingerprint density at radius 1 is 1.03 bits per heavy atom. The second-order valence-corrected chi connectivity index (χ2v) is 10.3. The van der Waals surface area contributed by atoms with Crippen molar-refractivity contribution in [2.24, 2.45) is 0 Å². The van der Waals surface area contributed by atoms with Gasteiger partial charge < -0.3 is 4.90 Å². The Morgan fingerprint density at radius 3 is 2.50 bits per heavy atom. The fraction of sp³-hybridized carbons (Fsp3) is 0.269. The summed E-state index contributed by atoms with van der Waals surface area (Å²) in [6, 6.07) is 20.6. The molecule has 0 amide bonds. The largest absolute Gasteiger partial charge is 0.347 e. The van der Waals surface area contributed by atoms with Gasteiger partial charge in [0.1, 0.15) is 0 Å². The highest BCUT2D eigenvalue weighted by Crippen LogP contribution is 2.46. The van der Waals surface area contributed by atoms with Gasteiger partial charge in [-0.3, -0.25) is 4.55 Å². The Kier molecular flexibility index (Phi) is 5.93. The van der Waals surface area contributed by atoms with E-state index in [0.717, 1.165) is 16.6 Å². The molecule has 1 aromatic heterocycles. The predicted molar refractivity (Wildman–Crippen MR) is 130 cm³/mol. The van der Waals surface area contributed by atoms with Crippen LogP contribution in [-0.2, 0) is 22.1 Å². The lowest BCUT2D eigenvalue weighted by Crippen LogP contribution is -2.38. The van der Waals surface area contributed by atoms with Crippen LogP contribution in [0.4, 0.5) is 5.69 Å². The molecule has 3 aromatic rings. The molecule has 0 saturated carbocycles. The third-order valence-electron chi connectivity index (χ3n) is 6.22. The van der Waals surface area contributed by atoms with Gasteiger partial charge in [-0.15, -0.1) is 0 Å². The molecule has 32 heavy (non-hydrogen) atoms. The highest BCUT2D eigenvalue weighted by atomic mass is 32.2. The molecule has 0 spiro atoms. The van der Waals surface area contributed by atoms with E-state index < -0.39 is 10.1 Å². The van der Waals surface area contributed by atoms with Gasteiger partial charge in [-0.25, -0.2) is 0 Å². The number of pyridine rings is 1. The molecule has 0 atom stereocenters. The standard InChI is InChI=1S/C26H28N2O3S/c1-26(2)22-12-5-7-14-24(22)27(3)25(26)15-8-11-21-17-16-20-10-4-6-13-23(20)28(21)18-9-19-32(29,30)31/h4-8,10-17H,9,18-19H2,1-3H3/p+1. The Balaban J connectivity index is 1.68. The summed E-state index contributed by atoms with van der Waals surface area (Å²) < 4.78 is 33.6. The van der Waals surface area contributed by atoms with Crippen molar-refractivity contribution in [3.05, 3.63) is 89.8 Å². The van der Waals surface area contributed by atoms with Crippen molar-refractivity contribution >= 4 is 32.8 Å². The molecule has 0 aliphatic carbocycles. The Bertz CT molecular complexity index is 1320. The molecule has 5 nitrogen and oxygen atoms in total. The van der Waals surface area contributed by atoms with Gasteiger partial charge in [-0.1, -0.05) is 50.3 Å². The van der Waals surface area contributed by atoms with Crippen LogP contribution >= 0.6 is 0 Å². The van der Waals surface area contributed by atoms with Crippen molar-refractivity contribution in [1.82, 2.24) is 0 Å². The minimum absolute atomic E-state index is 0.0927. The highest BCUT2D eigenvalue weighted by Gasteiger charge is 2.37. The molecule has 2 aromatic carbocycles. The topological polar surface area (TPSA) is 61.5 Å². The Hall–Kier alpha value is -2.96. The molecule has 166 valence electrons. The third kappa shape index (κ3) is 4.33. The van der Waals surface area contributed by atoms with Gasteiger partial charge in [0.2, 0.25) is 11.2 Å². The van der Waals surface area contributed by atoms with Crippen molar-refractivity contribution in [1.29, 1.82) is 0 Å². The number of hydrogen-bond acceptors (Lipinski definition) is 3. The summed E-state index contributed by atoms with van der Waals surface area (Å²) in [5.41, 5.74) is 5.67. The fourth-order valence-electron chi connectivity index (χ4n) is 4.62. The summed E-state index contributed by atoms with van der Waals surface area (Å²) in [5.74, 6) is -0.256. The van der Waals surface area contributed by atoms with Gasteiger partial charge in [0.15, 0.2) is 6.54 Å². The molecule has 0 fully saturated rings. The molecular weight excluding hydrogens is 420 g/mol. The number of fused-ring (bicyclic) bond motifs is 2. The maximum absolute atomic E-state index is 11.2. The molecule has 0 saturated heterocycles. The molecule has 1 aliphatic heterocycles. The summed E-state index contributed by atoms with van der Waals surface area (Å²) in [5, 5.41) is 1.09. The van der Waals surface area contributed by atoms with Crippen molar-refractivity contribution < 1.29 is 17.5 Å². The van der Waals surface area contributed by atoms with Crippen LogP contribution in [0.5, 0.6) is 0 Å². The first-order chi connectivity index (χ1) is 15.2. The summed E-state index contributed by atoms with van der Waals surface area (Å²) in [6.07, 6.45) is 6.60. The SMILES string of the molecule is CN1C(=CC=Cc2ccc3ccccc3[n+]2CCCS(=O)(=O)O)C(C)(C)c2ccccc21. The first-order valence-electron chi connectivity index (χ1n) is 10.8. The van der Waals surface area contributed by atoms with E-state index in [1.807, 2.05) is 30.3 Å². The average molecular weight is 450 g/mol. The van der Waals surface area contributed by atoms with E-state index in [9.17, 15) is 8.42 Å². The zero-order valence-electron chi connectivity index (χ0n) is 18.7. The number of benzene rings is 2. The number of anilines is 1. The normalized spacial score (nSPS) is 16.9. The molecule has 2 heterocycles. The van der Waals surface area contributed by atoms with Gasteiger partial charge in [0, 0.05) is 53.9 Å². The van der Waals surface area contributed by atoms with E-state index in [2.05, 4.69) is 78.9 Å². The lowest BCUT2D eigenvalue weighted by molar-refractivity contribution is -0.673. The van der Waals surface area contributed by atoms with Gasteiger partial charge >= 0.3 is 0 Å². The lowest BCUT2D eigenvalue weighted by atomic mass is 9.84. The number of allylic oxidation sites excluding steroid dienone is 3. The summed E-state index contributed by atoms with van der Waals surface area (Å²) in [4.78, 5) is 2.24. The number of para-hydroxylation sites is 2. The first kappa shape index (κ1) is 22.2. The molecule has 1 aliphatic rings. The van der Waals surface area contributed by atoms with E-state index >= 15 is 0 Å². The second-order valence-electron chi connectivity index (χ2n) is 8.72. The number of aromatic nitrogens is 1. The summed E-state index contributed by atoms with van der Waals surface area (Å²) >= 11 is 0. The van der Waals surface area contributed by atoms with Crippen LogP contribution < -0.4 is 9.47 Å². The van der Waals surface area contributed by atoms with E-state index in [1.165, 1.54) is 16.9 Å². The molecule has 0 radical (unpaired) electrons. The van der Waals surface area contributed by atoms with Gasteiger partial charge in [0.05, 0.1) is 5.75 Å². The number of hydrogen-bond donors (Lipinski definition) is 1. The van der Waals surface area contributed by atoms with E-state index in [4.69, 9.17) is 4.55 Å². The lowest BCUT2D eigenvalue weighted by Gasteiger charge is -2.23. The maximum Gasteiger partial charge on any atom is 0.265 e. The van der Waals surface area contributed by atoms with Crippen LogP contribution in [0.25, 0.3) is 17.0 Å². The van der Waals surface area contributed by atoms with Crippen LogP contribution in [0.1, 0.15) is 31.5 Å². The summed E-state index contributed by atoms with van der Waals surface area (Å²) in [7, 11) is -1.88. The first-order valence-corrected chi connectivity index (χ1v) is 12.4. The van der Waals surface area contributed by atoms with Crippen molar-refractivity contribution in [3.63, 3.8) is 0 Å². The molecule has 4 rings (SSSR count). The zero-order chi connectivity index (χ0) is 22.9. The Labute approximate surface area is 190 Å². The number of likely N-dealkylation sites (N-methyl/N-ethyl adjacent to an activating group) is 1. The minimum atomic E-state index is -3.98. The van der Waals surface area contributed by atoms with Crippen LogP contribution in [-0.4, -0.2) is 25.8 Å². The van der Waals surface area contributed by atoms with Crippen LogP contribution in [0.2, 0.25) is 0 Å².